The van der Waals surface area contributed by atoms with E-state index in [0.29, 0.717) is 16.9 Å². The molecule has 31 heavy (non-hydrogen) atoms. The highest BCUT2D eigenvalue weighted by Gasteiger charge is 2.52. The van der Waals surface area contributed by atoms with Crippen molar-refractivity contribution in [1.29, 1.82) is 5.26 Å². The Hall–Kier alpha value is -3.09. The molecule has 0 bridgehead atoms. The Morgan fingerprint density at radius 2 is 1.74 bits per heavy atom. The lowest BCUT2D eigenvalue weighted by molar-refractivity contribution is -0.156. The number of rotatable bonds is 4. The van der Waals surface area contributed by atoms with E-state index < -0.39 is 30.1 Å². The predicted molar refractivity (Wildman–Crippen MR) is 110 cm³/mol. The van der Waals surface area contributed by atoms with E-state index in [1.165, 1.54) is 37.3 Å². The maximum atomic E-state index is 13.6. The van der Waals surface area contributed by atoms with Crippen LogP contribution in [0.2, 0.25) is 5.02 Å². The number of hydrogen-bond donors (Lipinski definition) is 3. The van der Waals surface area contributed by atoms with Gasteiger partial charge in [-0.2, -0.15) is 18.4 Å². The fourth-order valence-corrected chi connectivity index (χ4v) is 3.78. The molecule has 3 unspecified atom stereocenters. The summed E-state index contributed by atoms with van der Waals surface area (Å²) in [5.74, 6) is -1.90. The molecule has 1 fully saturated rings. The van der Waals surface area contributed by atoms with Gasteiger partial charge in [-0.15, -0.1) is 0 Å². The minimum Gasteiger partial charge on any atom is -0.326 e. The van der Waals surface area contributed by atoms with E-state index >= 15 is 0 Å². The molecule has 1 saturated heterocycles. The van der Waals surface area contributed by atoms with Gasteiger partial charge in [-0.05, 0) is 48.4 Å². The third-order valence-corrected chi connectivity index (χ3v) is 5.27. The summed E-state index contributed by atoms with van der Waals surface area (Å²) in [4.78, 5) is 23.7. The normalized spacial score (nSPS) is 20.7. The number of nitrogens with zero attached hydrogens (tertiary/aromatic N) is 1. The van der Waals surface area contributed by atoms with Gasteiger partial charge < -0.3 is 10.6 Å². The van der Waals surface area contributed by atoms with Crippen molar-refractivity contribution in [3.8, 4) is 6.07 Å². The second kappa shape index (κ2) is 8.96. The molecule has 3 rings (SSSR count). The Kier molecular flexibility index (Phi) is 6.53. The molecule has 1 aliphatic heterocycles. The van der Waals surface area contributed by atoms with E-state index in [2.05, 4.69) is 16.0 Å². The highest BCUT2D eigenvalue weighted by Crippen LogP contribution is 2.40. The Labute approximate surface area is 181 Å². The van der Waals surface area contributed by atoms with Crippen LogP contribution in [0.25, 0.3) is 0 Å². The third-order valence-electron chi connectivity index (χ3n) is 4.96. The van der Waals surface area contributed by atoms with Crippen molar-refractivity contribution in [2.45, 2.75) is 37.5 Å². The molecular formula is C21H18ClF3N4O2. The fourth-order valence-electron chi connectivity index (χ4n) is 3.55. The molecule has 6 nitrogen and oxygen atoms in total. The summed E-state index contributed by atoms with van der Waals surface area (Å²) >= 11 is 5.99. The summed E-state index contributed by atoms with van der Waals surface area (Å²) in [7, 11) is 0. The van der Waals surface area contributed by atoms with Crippen LogP contribution in [0, 0.1) is 11.3 Å². The third kappa shape index (κ3) is 5.34. The lowest BCUT2D eigenvalue weighted by Crippen LogP contribution is -2.46. The molecule has 0 radical (unpaired) electrons. The highest BCUT2D eigenvalue weighted by molar-refractivity contribution is 6.31. The Bertz CT molecular complexity index is 1030. The Morgan fingerprint density at radius 1 is 1.13 bits per heavy atom. The van der Waals surface area contributed by atoms with Gasteiger partial charge in [0, 0.05) is 24.2 Å². The first-order valence-electron chi connectivity index (χ1n) is 9.29. The predicted octanol–water partition coefficient (Wildman–Crippen LogP) is 4.19. The second-order valence-electron chi connectivity index (χ2n) is 7.18. The van der Waals surface area contributed by atoms with Gasteiger partial charge in [-0.25, -0.2) is 0 Å². The topological polar surface area (TPSA) is 94.0 Å². The molecule has 0 spiro atoms. The summed E-state index contributed by atoms with van der Waals surface area (Å²) in [6.45, 7) is 1.36. The number of carbonyl (C=O) groups is 2. The standard InChI is InChI=1S/C21H18ClF3N4O2/c1-11(30)27-14-4-6-15(7-5-14)28-20(31)18-9-16(19(29-18)21(23,24)25)12-2-3-13(10-26)17(22)8-12/h2-8,16,18-19,29H,9H2,1H3,(H,27,30)(H,28,31). The fraction of sp³-hybridized carbons (Fsp3) is 0.286. The van der Waals surface area contributed by atoms with Crippen LogP contribution in [0.1, 0.15) is 30.4 Å². The van der Waals surface area contributed by atoms with Crippen LogP contribution in [-0.4, -0.2) is 30.1 Å². The average Bonchev–Trinajstić information content (AvgIpc) is 3.15. The zero-order valence-electron chi connectivity index (χ0n) is 16.3. The van der Waals surface area contributed by atoms with Gasteiger partial charge in [0.2, 0.25) is 11.8 Å². The smallest absolute Gasteiger partial charge is 0.326 e. The van der Waals surface area contributed by atoms with E-state index in [0.717, 1.165) is 0 Å². The minimum absolute atomic E-state index is 0.0630. The number of alkyl halides is 3. The second-order valence-corrected chi connectivity index (χ2v) is 7.59. The number of hydrogen-bond acceptors (Lipinski definition) is 4. The molecule has 1 aliphatic rings. The molecule has 2 amide bonds. The Balaban J connectivity index is 1.76. The zero-order valence-corrected chi connectivity index (χ0v) is 17.0. The first-order chi connectivity index (χ1) is 14.6. The van der Waals surface area contributed by atoms with E-state index in [1.807, 2.05) is 6.07 Å². The monoisotopic (exact) mass is 450 g/mol. The summed E-state index contributed by atoms with van der Waals surface area (Å²) in [5, 5.41) is 16.6. The van der Waals surface area contributed by atoms with Crippen LogP contribution >= 0.6 is 11.6 Å². The van der Waals surface area contributed by atoms with Crippen LogP contribution in [0.15, 0.2) is 42.5 Å². The summed E-state index contributed by atoms with van der Waals surface area (Å²) in [6.07, 6.45) is -4.68. The molecule has 10 heteroatoms. The summed E-state index contributed by atoms with van der Waals surface area (Å²) < 4.78 is 40.9. The van der Waals surface area contributed by atoms with Crippen molar-refractivity contribution in [1.82, 2.24) is 5.32 Å². The number of benzene rings is 2. The van der Waals surface area contributed by atoms with Crippen molar-refractivity contribution < 1.29 is 22.8 Å². The summed E-state index contributed by atoms with van der Waals surface area (Å²) in [6, 6.07) is 9.20. The van der Waals surface area contributed by atoms with Crippen molar-refractivity contribution in [3.05, 3.63) is 58.6 Å². The van der Waals surface area contributed by atoms with Gasteiger partial charge in [0.15, 0.2) is 0 Å². The van der Waals surface area contributed by atoms with Crippen LogP contribution < -0.4 is 16.0 Å². The number of anilines is 2. The van der Waals surface area contributed by atoms with E-state index in [9.17, 15) is 22.8 Å². The molecule has 2 aromatic rings. The van der Waals surface area contributed by atoms with Crippen molar-refractivity contribution >= 4 is 34.8 Å². The van der Waals surface area contributed by atoms with Gasteiger partial charge >= 0.3 is 6.18 Å². The maximum Gasteiger partial charge on any atom is 0.404 e. The number of amides is 2. The molecule has 162 valence electrons. The highest BCUT2D eigenvalue weighted by atomic mass is 35.5. The van der Waals surface area contributed by atoms with Crippen LogP contribution in [0.4, 0.5) is 24.5 Å². The first kappa shape index (κ1) is 22.6. The van der Waals surface area contributed by atoms with Crippen LogP contribution in [0.5, 0.6) is 0 Å². The maximum absolute atomic E-state index is 13.6. The lowest BCUT2D eigenvalue weighted by atomic mass is 9.89. The molecule has 3 N–H and O–H groups in total. The van der Waals surface area contributed by atoms with Crippen molar-refractivity contribution in [2.24, 2.45) is 0 Å². The largest absolute Gasteiger partial charge is 0.404 e. The lowest BCUT2D eigenvalue weighted by Gasteiger charge is -2.22. The summed E-state index contributed by atoms with van der Waals surface area (Å²) in [5.41, 5.74) is 1.37. The van der Waals surface area contributed by atoms with Crippen molar-refractivity contribution in [3.63, 3.8) is 0 Å². The average molecular weight is 451 g/mol. The van der Waals surface area contributed by atoms with Crippen molar-refractivity contribution in [2.75, 3.05) is 10.6 Å². The van der Waals surface area contributed by atoms with Gasteiger partial charge in [-0.3, -0.25) is 14.9 Å². The van der Waals surface area contributed by atoms with E-state index in [1.54, 1.807) is 12.1 Å². The van der Waals surface area contributed by atoms with Gasteiger partial charge in [0.1, 0.15) is 12.1 Å². The number of halogens is 4. The number of carbonyl (C=O) groups excluding carboxylic acids is 2. The quantitative estimate of drug-likeness (QED) is 0.651. The molecule has 2 aromatic carbocycles. The first-order valence-corrected chi connectivity index (χ1v) is 9.67. The van der Waals surface area contributed by atoms with Crippen LogP contribution in [0.3, 0.4) is 0 Å². The van der Waals surface area contributed by atoms with E-state index in [4.69, 9.17) is 16.9 Å². The number of nitrogens with one attached hydrogen (secondary N) is 3. The Morgan fingerprint density at radius 3 is 2.26 bits per heavy atom. The van der Waals surface area contributed by atoms with Gasteiger partial charge in [-0.1, -0.05) is 17.7 Å². The van der Waals surface area contributed by atoms with Crippen LogP contribution in [-0.2, 0) is 9.59 Å². The van der Waals surface area contributed by atoms with Gasteiger partial charge in [0.25, 0.3) is 0 Å². The van der Waals surface area contributed by atoms with E-state index in [-0.39, 0.29) is 22.9 Å². The van der Waals surface area contributed by atoms with Gasteiger partial charge in [0.05, 0.1) is 16.6 Å². The molecule has 0 aliphatic carbocycles. The SMILES string of the molecule is CC(=O)Nc1ccc(NC(=O)C2CC(c3ccc(C#N)c(Cl)c3)C(C(F)(F)F)N2)cc1. The number of nitriles is 1. The molecule has 0 saturated carbocycles. The molecular weight excluding hydrogens is 433 g/mol. The minimum atomic E-state index is -4.58. The zero-order chi connectivity index (χ0) is 22.8. The molecule has 0 aromatic heterocycles. The molecule has 3 atom stereocenters. The molecule has 1 heterocycles.